The molecule has 0 bridgehead atoms. The van der Waals surface area contributed by atoms with Gasteiger partial charge in [-0.25, -0.2) is 0 Å². The summed E-state index contributed by atoms with van der Waals surface area (Å²) in [6.07, 6.45) is 0.551. The van der Waals surface area contributed by atoms with Gasteiger partial charge in [0.2, 0.25) is 29.5 Å². The molecular formula is C28H43N5O5. The van der Waals surface area contributed by atoms with Gasteiger partial charge in [0.15, 0.2) is 0 Å². The molecule has 1 aromatic carbocycles. The molecule has 0 aromatic heterocycles. The largest absolute Gasteiger partial charge is 0.343 e. The number of carbonyl (C=O) groups excluding carboxylic acids is 5. The SMILES string of the molecule is CC(C)C[C@@H]1NC(=O)[C@H](C(C)C)NC(=O)[C@H](Cc2ccccc2)NC(=O)CN(C)C(=O)[C@H](C(C)C)NC1=O. The van der Waals surface area contributed by atoms with Gasteiger partial charge in [-0.1, -0.05) is 71.9 Å². The van der Waals surface area contributed by atoms with Crippen LogP contribution in [0.25, 0.3) is 0 Å². The number of nitrogens with zero attached hydrogens (tertiary/aromatic N) is 1. The van der Waals surface area contributed by atoms with E-state index in [1.54, 1.807) is 27.7 Å². The summed E-state index contributed by atoms with van der Waals surface area (Å²) in [5.74, 6) is -2.94. The third-order valence-corrected chi connectivity index (χ3v) is 6.51. The van der Waals surface area contributed by atoms with E-state index in [1.165, 1.54) is 11.9 Å². The Labute approximate surface area is 225 Å². The zero-order valence-electron chi connectivity index (χ0n) is 23.5. The molecule has 0 unspecified atom stereocenters. The zero-order valence-corrected chi connectivity index (χ0v) is 23.5. The highest BCUT2D eigenvalue weighted by molar-refractivity contribution is 5.97. The average Bonchev–Trinajstić information content (AvgIpc) is 2.83. The van der Waals surface area contributed by atoms with Crippen molar-refractivity contribution < 1.29 is 24.0 Å². The highest BCUT2D eigenvalue weighted by Gasteiger charge is 2.35. The molecule has 10 nitrogen and oxygen atoms in total. The van der Waals surface area contributed by atoms with Gasteiger partial charge in [0.05, 0.1) is 6.54 Å². The molecule has 1 heterocycles. The van der Waals surface area contributed by atoms with Crippen LogP contribution in [0.4, 0.5) is 0 Å². The third-order valence-electron chi connectivity index (χ3n) is 6.51. The molecule has 5 amide bonds. The van der Waals surface area contributed by atoms with E-state index in [-0.39, 0.29) is 30.7 Å². The normalized spacial score (nSPS) is 24.5. The van der Waals surface area contributed by atoms with Gasteiger partial charge in [-0.15, -0.1) is 0 Å². The maximum Gasteiger partial charge on any atom is 0.245 e. The molecule has 1 aromatic rings. The smallest absolute Gasteiger partial charge is 0.245 e. The second-order valence-corrected chi connectivity index (χ2v) is 11.2. The molecule has 1 aliphatic rings. The van der Waals surface area contributed by atoms with E-state index in [9.17, 15) is 24.0 Å². The Morgan fingerprint density at radius 1 is 0.737 bits per heavy atom. The summed E-state index contributed by atoms with van der Waals surface area (Å²) in [7, 11) is 1.48. The topological polar surface area (TPSA) is 137 Å². The lowest BCUT2D eigenvalue weighted by molar-refractivity contribution is -0.140. The Morgan fingerprint density at radius 3 is 1.84 bits per heavy atom. The molecule has 0 radical (unpaired) electrons. The van der Waals surface area contributed by atoms with Crippen LogP contribution in [0.3, 0.4) is 0 Å². The first kappa shape index (κ1) is 30.8. The molecule has 10 heteroatoms. The number of hydrogen-bond acceptors (Lipinski definition) is 5. The molecule has 38 heavy (non-hydrogen) atoms. The summed E-state index contributed by atoms with van der Waals surface area (Å²) in [5, 5.41) is 11.1. The predicted octanol–water partition coefficient (Wildman–Crippen LogP) is 0.998. The minimum Gasteiger partial charge on any atom is -0.343 e. The van der Waals surface area contributed by atoms with Crippen molar-refractivity contribution in [1.82, 2.24) is 26.2 Å². The molecule has 210 valence electrons. The van der Waals surface area contributed by atoms with Crippen LogP contribution >= 0.6 is 0 Å². The Kier molecular flexibility index (Phi) is 11.3. The second-order valence-electron chi connectivity index (χ2n) is 11.2. The maximum absolute atomic E-state index is 13.4. The standard InChI is InChI=1S/C28H43N5O5/c1-16(2)13-20-25(35)32-24(18(5)6)28(38)33(7)15-22(34)29-21(14-19-11-9-8-10-12-19)26(36)31-23(17(3)4)27(37)30-20/h8-12,16-18,20-21,23-24H,13-15H2,1-7H3,(H,29,34)(H,30,37)(H,31,36)(H,32,35)/t20-,21-,23-,24-/m0/s1. The third kappa shape index (κ3) is 8.85. The van der Waals surface area contributed by atoms with Gasteiger partial charge in [0.1, 0.15) is 24.2 Å². The van der Waals surface area contributed by atoms with Gasteiger partial charge in [-0.05, 0) is 29.7 Å². The first-order chi connectivity index (χ1) is 17.8. The minimum atomic E-state index is -0.973. The second kappa shape index (κ2) is 13.9. The van der Waals surface area contributed by atoms with Crippen LogP contribution < -0.4 is 21.3 Å². The Hall–Kier alpha value is -3.43. The molecule has 1 aliphatic heterocycles. The van der Waals surface area contributed by atoms with E-state index < -0.39 is 53.7 Å². The minimum absolute atomic E-state index is 0.0770. The van der Waals surface area contributed by atoms with Gasteiger partial charge >= 0.3 is 0 Å². The first-order valence-corrected chi connectivity index (χ1v) is 13.3. The monoisotopic (exact) mass is 529 g/mol. The molecular weight excluding hydrogens is 486 g/mol. The molecule has 4 atom stereocenters. The van der Waals surface area contributed by atoms with Crippen molar-refractivity contribution in [3.8, 4) is 0 Å². The van der Waals surface area contributed by atoms with Gasteiger partial charge in [0, 0.05) is 13.5 Å². The maximum atomic E-state index is 13.4. The van der Waals surface area contributed by atoms with Crippen molar-refractivity contribution in [3.05, 3.63) is 35.9 Å². The number of nitrogens with one attached hydrogen (secondary N) is 4. The van der Waals surface area contributed by atoms with Crippen LogP contribution in [0.1, 0.15) is 53.5 Å². The molecule has 1 fully saturated rings. The van der Waals surface area contributed by atoms with Crippen molar-refractivity contribution in [2.45, 2.75) is 78.6 Å². The molecule has 0 saturated carbocycles. The Bertz CT molecular complexity index is 995. The zero-order chi connectivity index (χ0) is 28.6. The number of rotatable bonds is 6. The summed E-state index contributed by atoms with van der Waals surface area (Å²) in [6.45, 7) is 10.8. The van der Waals surface area contributed by atoms with Crippen LogP contribution in [0.2, 0.25) is 0 Å². The van der Waals surface area contributed by atoms with Crippen LogP contribution in [0.5, 0.6) is 0 Å². The van der Waals surface area contributed by atoms with Crippen LogP contribution in [0.15, 0.2) is 30.3 Å². The van der Waals surface area contributed by atoms with Crippen molar-refractivity contribution >= 4 is 29.5 Å². The summed E-state index contributed by atoms with van der Waals surface area (Å²) >= 11 is 0. The van der Waals surface area contributed by atoms with E-state index in [4.69, 9.17) is 0 Å². The van der Waals surface area contributed by atoms with Crippen molar-refractivity contribution in [3.63, 3.8) is 0 Å². The fourth-order valence-corrected chi connectivity index (χ4v) is 4.35. The fraction of sp³-hybridized carbons (Fsp3) is 0.607. The van der Waals surface area contributed by atoms with E-state index in [0.29, 0.717) is 6.42 Å². The van der Waals surface area contributed by atoms with Crippen molar-refractivity contribution in [1.29, 1.82) is 0 Å². The summed E-state index contributed by atoms with van der Waals surface area (Å²) in [5.41, 5.74) is 0.826. The Morgan fingerprint density at radius 2 is 1.29 bits per heavy atom. The van der Waals surface area contributed by atoms with Gasteiger partial charge in [-0.2, -0.15) is 0 Å². The number of hydrogen-bond donors (Lipinski definition) is 4. The average molecular weight is 530 g/mol. The quantitative estimate of drug-likeness (QED) is 0.436. The number of benzene rings is 1. The molecule has 0 aliphatic carbocycles. The molecule has 1 saturated heterocycles. The predicted molar refractivity (Wildman–Crippen MR) is 145 cm³/mol. The highest BCUT2D eigenvalue weighted by atomic mass is 16.2. The highest BCUT2D eigenvalue weighted by Crippen LogP contribution is 2.12. The molecule has 2 rings (SSSR count). The lowest BCUT2D eigenvalue weighted by atomic mass is 9.98. The number of likely N-dealkylation sites (N-methyl/N-ethyl adjacent to an activating group) is 1. The van der Waals surface area contributed by atoms with Gasteiger partial charge in [-0.3, -0.25) is 24.0 Å². The van der Waals surface area contributed by atoms with E-state index in [2.05, 4.69) is 21.3 Å². The van der Waals surface area contributed by atoms with Crippen molar-refractivity contribution in [2.24, 2.45) is 17.8 Å². The number of carbonyl (C=O) groups is 5. The van der Waals surface area contributed by atoms with Crippen LogP contribution in [-0.4, -0.2) is 72.2 Å². The number of amides is 5. The van der Waals surface area contributed by atoms with E-state index in [0.717, 1.165) is 5.56 Å². The van der Waals surface area contributed by atoms with Gasteiger partial charge < -0.3 is 26.2 Å². The van der Waals surface area contributed by atoms with Crippen LogP contribution in [0, 0.1) is 17.8 Å². The van der Waals surface area contributed by atoms with Crippen molar-refractivity contribution in [2.75, 3.05) is 13.6 Å². The van der Waals surface area contributed by atoms with Gasteiger partial charge in [0.25, 0.3) is 0 Å². The van der Waals surface area contributed by atoms with Crippen LogP contribution in [-0.2, 0) is 30.4 Å². The van der Waals surface area contributed by atoms with E-state index >= 15 is 0 Å². The first-order valence-electron chi connectivity index (χ1n) is 13.3. The fourth-order valence-electron chi connectivity index (χ4n) is 4.35. The lowest BCUT2D eigenvalue weighted by Crippen LogP contribution is -2.59. The van der Waals surface area contributed by atoms with E-state index in [1.807, 2.05) is 44.2 Å². The summed E-state index contributed by atoms with van der Waals surface area (Å²) in [6, 6.07) is 5.52. The molecule has 0 spiro atoms. The molecule has 4 N–H and O–H groups in total. The summed E-state index contributed by atoms with van der Waals surface area (Å²) in [4.78, 5) is 67.5. The Balaban J connectivity index is 2.49. The summed E-state index contributed by atoms with van der Waals surface area (Å²) < 4.78 is 0. The lowest BCUT2D eigenvalue weighted by Gasteiger charge is -2.29.